The molecule has 2 saturated heterocycles. The lowest BCUT2D eigenvalue weighted by Gasteiger charge is -2.34. The smallest absolute Gasteiger partial charge is 0.262 e. The summed E-state index contributed by atoms with van der Waals surface area (Å²) in [6.07, 6.45) is 2.92. The van der Waals surface area contributed by atoms with Crippen LogP contribution in [0.1, 0.15) is 34.5 Å². The number of rotatable bonds is 6. The third-order valence-electron chi connectivity index (χ3n) is 6.69. The molecule has 2 fully saturated rings. The van der Waals surface area contributed by atoms with E-state index in [1.165, 1.54) is 29.8 Å². The number of benzene rings is 1. The van der Waals surface area contributed by atoms with Gasteiger partial charge in [0.15, 0.2) is 0 Å². The van der Waals surface area contributed by atoms with Gasteiger partial charge in [0.2, 0.25) is 0 Å². The number of fused-ring (bicyclic) bond motifs is 1. The van der Waals surface area contributed by atoms with Gasteiger partial charge in [-0.25, -0.2) is 14.4 Å². The summed E-state index contributed by atoms with van der Waals surface area (Å²) < 4.78 is 25.6. The summed E-state index contributed by atoms with van der Waals surface area (Å²) in [6.45, 7) is 4.41. The first kappa shape index (κ1) is 24.8. The molecule has 1 amide bonds. The monoisotopic (exact) mass is 515 g/mol. The van der Waals surface area contributed by atoms with E-state index in [0.717, 1.165) is 30.3 Å². The first-order chi connectivity index (χ1) is 17.4. The molecular formula is C25H30FN5O4S. The van der Waals surface area contributed by atoms with Gasteiger partial charge in [0, 0.05) is 25.5 Å². The number of thiophene rings is 1. The van der Waals surface area contributed by atoms with Crippen molar-refractivity contribution in [1.82, 2.24) is 20.2 Å². The highest BCUT2D eigenvalue weighted by Gasteiger charge is 2.29. The van der Waals surface area contributed by atoms with Gasteiger partial charge in [-0.1, -0.05) is 0 Å². The maximum absolute atomic E-state index is 14.1. The van der Waals surface area contributed by atoms with Crippen molar-refractivity contribution in [3.05, 3.63) is 40.8 Å². The number of hydrogen-bond donors (Lipinski definition) is 3. The van der Waals surface area contributed by atoms with E-state index in [0.29, 0.717) is 53.1 Å². The number of likely N-dealkylation sites (tertiary alicyclic amines) is 1. The number of ether oxygens (including phenoxy) is 2. The van der Waals surface area contributed by atoms with Gasteiger partial charge >= 0.3 is 0 Å². The summed E-state index contributed by atoms with van der Waals surface area (Å²) in [5.74, 6) is 0.281. The standard InChI is InChI=1S/C25H30FN5O4S/c1-14-21-23(29-18-4-3-15(26)11-20(18)35-16-6-9-34-10-7-16)27-13-28-25(21)36-22(14)24(33)30-17-5-8-31(2)12-19(17)32/h3-4,11,13,16-17,19,32H,5-10,12H2,1-2H3,(H,30,33)(H,27,28,29)/t17?,19-/m0/s1. The molecule has 2 aliphatic rings. The molecule has 0 aliphatic carbocycles. The fraction of sp³-hybridized carbons (Fsp3) is 0.480. The number of aryl methyl sites for hydroxylation is 1. The Morgan fingerprint density at radius 2 is 2.08 bits per heavy atom. The Bertz CT molecular complexity index is 1250. The number of piperidine rings is 1. The van der Waals surface area contributed by atoms with Crippen LogP contribution in [0.25, 0.3) is 10.2 Å². The molecule has 0 bridgehead atoms. The molecule has 5 rings (SSSR count). The summed E-state index contributed by atoms with van der Waals surface area (Å²) in [5, 5.41) is 17.4. The second-order valence-electron chi connectivity index (χ2n) is 9.35. The summed E-state index contributed by atoms with van der Waals surface area (Å²) in [6, 6.07) is 4.05. The Balaban J connectivity index is 1.40. The van der Waals surface area contributed by atoms with Crippen LogP contribution in [0.5, 0.6) is 5.75 Å². The van der Waals surface area contributed by atoms with Crippen molar-refractivity contribution < 1.29 is 23.8 Å². The maximum atomic E-state index is 14.1. The first-order valence-electron chi connectivity index (χ1n) is 12.1. The van der Waals surface area contributed by atoms with Crippen molar-refractivity contribution in [3.63, 3.8) is 0 Å². The average Bonchev–Trinajstić information content (AvgIpc) is 3.20. The fourth-order valence-corrected chi connectivity index (χ4v) is 5.72. The number of aliphatic hydroxyl groups is 1. The lowest BCUT2D eigenvalue weighted by atomic mass is 10.0. The molecule has 0 spiro atoms. The molecule has 2 aliphatic heterocycles. The number of amides is 1. The summed E-state index contributed by atoms with van der Waals surface area (Å²) in [4.78, 5) is 25.2. The Morgan fingerprint density at radius 3 is 2.86 bits per heavy atom. The number of halogens is 1. The number of likely N-dealkylation sites (N-methyl/N-ethyl adjacent to an activating group) is 1. The lowest BCUT2D eigenvalue weighted by Crippen LogP contribution is -2.53. The molecule has 2 atom stereocenters. The SMILES string of the molecule is Cc1c(C(=O)NC2CCN(C)C[C@@H]2O)sc2ncnc(Nc3ccc(F)cc3OC3CCOCC3)c12. The van der Waals surface area contributed by atoms with Crippen LogP contribution in [0.15, 0.2) is 24.5 Å². The quantitative estimate of drug-likeness (QED) is 0.459. The molecule has 3 aromatic rings. The lowest BCUT2D eigenvalue weighted by molar-refractivity contribution is 0.0257. The van der Waals surface area contributed by atoms with Crippen molar-refractivity contribution >= 4 is 39.0 Å². The van der Waals surface area contributed by atoms with Gasteiger partial charge in [-0.05, 0) is 44.6 Å². The van der Waals surface area contributed by atoms with Crippen LogP contribution in [0, 0.1) is 12.7 Å². The van der Waals surface area contributed by atoms with Gasteiger partial charge in [-0.3, -0.25) is 4.79 Å². The van der Waals surface area contributed by atoms with Gasteiger partial charge in [0.1, 0.15) is 34.6 Å². The van der Waals surface area contributed by atoms with E-state index in [1.807, 2.05) is 18.9 Å². The topological polar surface area (TPSA) is 109 Å². The number of nitrogens with zero attached hydrogens (tertiary/aromatic N) is 3. The van der Waals surface area contributed by atoms with E-state index in [1.54, 1.807) is 6.07 Å². The number of nitrogens with one attached hydrogen (secondary N) is 2. The molecule has 3 N–H and O–H groups in total. The van der Waals surface area contributed by atoms with Crippen molar-refractivity contribution in [2.24, 2.45) is 0 Å². The number of aromatic nitrogens is 2. The zero-order chi connectivity index (χ0) is 25.2. The molecule has 11 heteroatoms. The Hall–Kier alpha value is -2.86. The van der Waals surface area contributed by atoms with Crippen molar-refractivity contribution in [2.45, 2.75) is 44.4 Å². The largest absolute Gasteiger partial charge is 0.488 e. The van der Waals surface area contributed by atoms with E-state index in [-0.39, 0.29) is 18.1 Å². The van der Waals surface area contributed by atoms with Crippen LogP contribution in [-0.2, 0) is 4.74 Å². The highest BCUT2D eigenvalue weighted by atomic mass is 32.1. The second kappa shape index (κ2) is 10.6. The number of carbonyl (C=O) groups excluding carboxylic acids is 1. The highest BCUT2D eigenvalue weighted by Crippen LogP contribution is 2.37. The number of β-amino-alcohol motifs (C(OH)–C–C–N with tert-alkyl or cyclic N) is 1. The van der Waals surface area contributed by atoms with Crippen molar-refractivity contribution in [3.8, 4) is 5.75 Å². The minimum atomic E-state index is -0.618. The Labute approximate surface area is 212 Å². The predicted octanol–water partition coefficient (Wildman–Crippen LogP) is 3.24. The molecule has 0 saturated carbocycles. The summed E-state index contributed by atoms with van der Waals surface area (Å²) in [7, 11) is 1.95. The summed E-state index contributed by atoms with van der Waals surface area (Å²) in [5.41, 5.74) is 1.32. The third kappa shape index (κ3) is 5.29. The third-order valence-corrected chi connectivity index (χ3v) is 7.89. The van der Waals surface area contributed by atoms with Crippen LogP contribution in [0.2, 0.25) is 0 Å². The van der Waals surface area contributed by atoms with E-state index in [4.69, 9.17) is 9.47 Å². The maximum Gasteiger partial charge on any atom is 0.262 e. The summed E-state index contributed by atoms with van der Waals surface area (Å²) >= 11 is 1.28. The van der Waals surface area contributed by atoms with Crippen molar-refractivity contribution in [1.29, 1.82) is 0 Å². The number of anilines is 2. The molecule has 9 nitrogen and oxygen atoms in total. The average molecular weight is 516 g/mol. The zero-order valence-electron chi connectivity index (χ0n) is 20.3. The molecule has 192 valence electrons. The number of hydrogen-bond acceptors (Lipinski definition) is 9. The van der Waals surface area contributed by atoms with Gasteiger partial charge in [0.25, 0.3) is 5.91 Å². The molecule has 1 unspecified atom stereocenters. The van der Waals surface area contributed by atoms with Crippen LogP contribution in [0.4, 0.5) is 15.9 Å². The molecule has 2 aromatic heterocycles. The molecule has 4 heterocycles. The molecule has 36 heavy (non-hydrogen) atoms. The first-order valence-corrected chi connectivity index (χ1v) is 12.9. The molecule has 1 aromatic carbocycles. The Kier molecular flexibility index (Phi) is 7.33. The zero-order valence-corrected chi connectivity index (χ0v) is 21.1. The van der Waals surface area contributed by atoms with Gasteiger partial charge in [0.05, 0.1) is 41.3 Å². The highest BCUT2D eigenvalue weighted by molar-refractivity contribution is 7.20. The predicted molar refractivity (Wildman–Crippen MR) is 136 cm³/mol. The normalized spacial score (nSPS) is 21.4. The molecular weight excluding hydrogens is 485 g/mol. The van der Waals surface area contributed by atoms with Gasteiger partial charge in [-0.15, -0.1) is 11.3 Å². The van der Waals surface area contributed by atoms with E-state index in [2.05, 4.69) is 20.6 Å². The minimum absolute atomic E-state index is 0.0559. The Morgan fingerprint density at radius 1 is 1.28 bits per heavy atom. The van der Waals surface area contributed by atoms with E-state index in [9.17, 15) is 14.3 Å². The minimum Gasteiger partial charge on any atom is -0.488 e. The van der Waals surface area contributed by atoms with Crippen LogP contribution >= 0.6 is 11.3 Å². The number of aliphatic hydroxyl groups excluding tert-OH is 1. The fourth-order valence-electron chi connectivity index (χ4n) is 4.67. The van der Waals surface area contributed by atoms with Crippen LogP contribution in [-0.4, -0.2) is 77.5 Å². The van der Waals surface area contributed by atoms with Crippen LogP contribution in [0.3, 0.4) is 0 Å². The van der Waals surface area contributed by atoms with Gasteiger partial charge < -0.3 is 30.1 Å². The van der Waals surface area contributed by atoms with Crippen molar-refractivity contribution in [2.75, 3.05) is 38.7 Å². The molecule has 0 radical (unpaired) electrons. The van der Waals surface area contributed by atoms with E-state index < -0.39 is 11.9 Å². The van der Waals surface area contributed by atoms with E-state index >= 15 is 0 Å². The number of carbonyl (C=O) groups is 1. The van der Waals surface area contributed by atoms with Crippen LogP contribution < -0.4 is 15.4 Å². The van der Waals surface area contributed by atoms with Gasteiger partial charge in [-0.2, -0.15) is 0 Å². The second-order valence-corrected chi connectivity index (χ2v) is 10.4.